The Morgan fingerprint density at radius 2 is 1.17 bits per heavy atom. The zero-order valence-electron chi connectivity index (χ0n) is 16.7. The molecule has 2 heteroatoms. The molecule has 0 aromatic heterocycles. The van der Waals surface area contributed by atoms with Gasteiger partial charge >= 0.3 is 6.92 Å². The monoisotopic (exact) mass is 322 g/mol. The van der Waals surface area contributed by atoms with Gasteiger partial charge in [0.25, 0.3) is 0 Å². The molecular weight excluding hydrogens is 279 g/mol. The summed E-state index contributed by atoms with van der Waals surface area (Å²) in [5.41, 5.74) is 0. The molecule has 0 aliphatic carbocycles. The largest absolute Gasteiger partial charge is 0.564 e. The molecule has 0 aromatic rings. The molecule has 0 unspecified atom stereocenters. The van der Waals surface area contributed by atoms with Crippen LogP contribution in [0.1, 0.15) is 111 Å². The lowest BCUT2D eigenvalue weighted by atomic mass is 9.59. The molecule has 0 aromatic carbocycles. The second-order valence-corrected chi connectivity index (χ2v) is 7.10. The minimum Gasteiger partial charge on any atom is -0.564 e. The van der Waals surface area contributed by atoms with Crippen LogP contribution in [0.5, 0.6) is 0 Å². The van der Waals surface area contributed by atoms with Crippen LogP contribution in [0.4, 0.5) is 0 Å². The van der Waals surface area contributed by atoms with E-state index in [1.807, 2.05) is 0 Å². The molecule has 0 atom stereocenters. The molecular formula is C21H43BO. The van der Waals surface area contributed by atoms with Crippen molar-refractivity contribution in [3.8, 4) is 0 Å². The van der Waals surface area contributed by atoms with Crippen molar-refractivity contribution in [2.24, 2.45) is 0 Å². The average Bonchev–Trinajstić information content (AvgIpc) is 2.55. The molecule has 136 valence electrons. The van der Waals surface area contributed by atoms with Crippen LogP contribution in [0.2, 0.25) is 12.6 Å². The van der Waals surface area contributed by atoms with Crippen LogP contribution in [-0.2, 0) is 4.65 Å². The first kappa shape index (κ1) is 22.6. The topological polar surface area (TPSA) is 9.23 Å². The summed E-state index contributed by atoms with van der Waals surface area (Å²) in [6.45, 7) is 9.45. The van der Waals surface area contributed by atoms with Gasteiger partial charge in [-0.1, -0.05) is 91.4 Å². The summed E-state index contributed by atoms with van der Waals surface area (Å²) >= 11 is 0. The first-order valence-corrected chi connectivity index (χ1v) is 10.6. The summed E-state index contributed by atoms with van der Waals surface area (Å²) in [6, 6.07) is 0. The van der Waals surface area contributed by atoms with Gasteiger partial charge in [0.05, 0.1) is 5.76 Å². The van der Waals surface area contributed by atoms with E-state index >= 15 is 0 Å². The Balaban J connectivity index is 4.05. The van der Waals surface area contributed by atoms with Crippen LogP contribution in [0.25, 0.3) is 0 Å². The van der Waals surface area contributed by atoms with Gasteiger partial charge in [0.15, 0.2) is 0 Å². The fourth-order valence-corrected chi connectivity index (χ4v) is 3.05. The predicted octanol–water partition coefficient (Wildman–Crippen LogP) is 8.03. The second-order valence-electron chi connectivity index (χ2n) is 7.10. The molecule has 0 spiro atoms. The summed E-state index contributed by atoms with van der Waals surface area (Å²) < 4.78 is 6.28. The molecule has 23 heavy (non-hydrogen) atoms. The van der Waals surface area contributed by atoms with Crippen molar-refractivity contribution in [2.45, 2.75) is 124 Å². The van der Waals surface area contributed by atoms with Gasteiger partial charge in [-0.25, -0.2) is 0 Å². The molecule has 0 aliphatic rings. The Morgan fingerprint density at radius 1 is 0.696 bits per heavy atom. The third-order valence-corrected chi connectivity index (χ3v) is 4.60. The molecule has 0 fully saturated rings. The molecule has 0 radical (unpaired) electrons. The predicted molar refractivity (Wildman–Crippen MR) is 107 cm³/mol. The zero-order chi connectivity index (χ0) is 17.2. The van der Waals surface area contributed by atoms with Crippen molar-refractivity contribution < 1.29 is 4.65 Å². The molecule has 0 amide bonds. The van der Waals surface area contributed by atoms with Crippen LogP contribution in [0, 0.1) is 0 Å². The normalized spacial score (nSPS) is 11.7. The maximum absolute atomic E-state index is 6.28. The first-order valence-electron chi connectivity index (χ1n) is 10.6. The SMILES string of the molecule is CCCCCC/C=C(\C)OB(CCCCCC)CCCCCC. The number of allylic oxidation sites excluding steroid dienone is 2. The summed E-state index contributed by atoms with van der Waals surface area (Å²) in [4.78, 5) is 0. The van der Waals surface area contributed by atoms with E-state index < -0.39 is 0 Å². The average molecular weight is 322 g/mol. The minimum absolute atomic E-state index is 0.454. The molecule has 0 aliphatic heterocycles. The van der Waals surface area contributed by atoms with Gasteiger partial charge in [0, 0.05) is 0 Å². The van der Waals surface area contributed by atoms with E-state index in [0.29, 0.717) is 6.92 Å². The summed E-state index contributed by atoms with van der Waals surface area (Å²) in [6.07, 6.45) is 22.1. The quantitative estimate of drug-likeness (QED) is 0.150. The molecule has 0 bridgehead atoms. The molecule has 0 N–H and O–H groups in total. The van der Waals surface area contributed by atoms with Crippen molar-refractivity contribution in [1.82, 2.24) is 0 Å². The molecule has 0 saturated carbocycles. The standard InChI is InChI=1S/C21H43BO/c1-5-8-11-14-15-18-21(4)23-22(19-16-12-9-6-2)20-17-13-10-7-3/h18H,5-17,19-20H2,1-4H3/b21-18+. The summed E-state index contributed by atoms with van der Waals surface area (Å²) in [7, 11) is 0. The van der Waals surface area contributed by atoms with E-state index in [4.69, 9.17) is 4.65 Å². The van der Waals surface area contributed by atoms with Gasteiger partial charge < -0.3 is 4.65 Å². The van der Waals surface area contributed by atoms with E-state index in [0.717, 1.165) is 5.76 Å². The third kappa shape index (κ3) is 16.3. The molecule has 0 heterocycles. The highest BCUT2D eigenvalue weighted by atomic mass is 16.4. The van der Waals surface area contributed by atoms with E-state index in [-0.39, 0.29) is 0 Å². The van der Waals surface area contributed by atoms with E-state index in [1.54, 1.807) is 0 Å². The van der Waals surface area contributed by atoms with Crippen LogP contribution in [0.15, 0.2) is 11.8 Å². The van der Waals surface area contributed by atoms with Crippen molar-refractivity contribution in [3.05, 3.63) is 11.8 Å². The Morgan fingerprint density at radius 3 is 1.65 bits per heavy atom. The first-order chi connectivity index (χ1) is 11.2. The molecule has 1 nitrogen and oxygen atoms in total. The van der Waals surface area contributed by atoms with Crippen LogP contribution < -0.4 is 0 Å². The molecule has 0 saturated heterocycles. The number of hydrogen-bond acceptors (Lipinski definition) is 1. The van der Waals surface area contributed by atoms with Gasteiger partial charge in [0.2, 0.25) is 0 Å². The Hall–Kier alpha value is -0.395. The molecule has 0 rings (SSSR count). The lowest BCUT2D eigenvalue weighted by Crippen LogP contribution is -2.17. The lowest BCUT2D eigenvalue weighted by Gasteiger charge is -2.16. The van der Waals surface area contributed by atoms with Crippen molar-refractivity contribution in [3.63, 3.8) is 0 Å². The van der Waals surface area contributed by atoms with Crippen LogP contribution in [-0.4, -0.2) is 6.92 Å². The van der Waals surface area contributed by atoms with Crippen LogP contribution in [0.3, 0.4) is 0 Å². The Kier molecular flexibility index (Phi) is 17.6. The van der Waals surface area contributed by atoms with E-state index in [1.165, 1.54) is 96.1 Å². The van der Waals surface area contributed by atoms with E-state index in [9.17, 15) is 0 Å². The fourth-order valence-electron chi connectivity index (χ4n) is 3.05. The number of unbranched alkanes of at least 4 members (excludes halogenated alkanes) is 10. The van der Waals surface area contributed by atoms with Crippen molar-refractivity contribution in [2.75, 3.05) is 0 Å². The smallest absolute Gasteiger partial charge is 0.357 e. The van der Waals surface area contributed by atoms with Crippen molar-refractivity contribution in [1.29, 1.82) is 0 Å². The highest BCUT2D eigenvalue weighted by Crippen LogP contribution is 2.17. The lowest BCUT2D eigenvalue weighted by molar-refractivity contribution is 0.421. The van der Waals surface area contributed by atoms with Crippen LogP contribution >= 0.6 is 0 Å². The summed E-state index contributed by atoms with van der Waals surface area (Å²) in [5, 5.41) is 0. The second kappa shape index (κ2) is 18.0. The fraction of sp³-hybridized carbons (Fsp3) is 0.905. The number of hydrogen-bond donors (Lipinski definition) is 0. The zero-order valence-corrected chi connectivity index (χ0v) is 16.7. The van der Waals surface area contributed by atoms with Gasteiger partial charge in [-0.15, -0.1) is 0 Å². The highest BCUT2D eigenvalue weighted by molar-refractivity contribution is 6.52. The highest BCUT2D eigenvalue weighted by Gasteiger charge is 2.16. The van der Waals surface area contributed by atoms with Gasteiger partial charge in [-0.3, -0.25) is 0 Å². The Labute approximate surface area is 147 Å². The minimum atomic E-state index is 0.454. The maximum Gasteiger partial charge on any atom is 0.357 e. The van der Waals surface area contributed by atoms with Crippen molar-refractivity contribution >= 4 is 6.92 Å². The van der Waals surface area contributed by atoms with E-state index in [2.05, 4.69) is 33.8 Å². The van der Waals surface area contributed by atoms with Gasteiger partial charge in [-0.2, -0.15) is 0 Å². The van der Waals surface area contributed by atoms with Gasteiger partial charge in [0.1, 0.15) is 0 Å². The number of rotatable bonds is 17. The van der Waals surface area contributed by atoms with Gasteiger partial charge in [-0.05, 0) is 38.5 Å². The Bertz CT molecular complexity index is 251. The third-order valence-electron chi connectivity index (χ3n) is 4.60. The summed E-state index contributed by atoms with van der Waals surface area (Å²) in [5.74, 6) is 1.16. The maximum atomic E-state index is 6.28.